The molecule has 0 spiro atoms. The molecular formula is C18H20ClN3O3S. The zero-order chi connectivity index (χ0) is 18.7. The van der Waals surface area contributed by atoms with Gasteiger partial charge < -0.3 is 10.2 Å². The molecule has 2 aromatic rings. The van der Waals surface area contributed by atoms with Crippen LogP contribution in [0.1, 0.15) is 23.7 Å². The number of rotatable bonds is 5. The minimum atomic E-state index is -2.99. The van der Waals surface area contributed by atoms with Gasteiger partial charge in [-0.3, -0.25) is 4.79 Å². The molecule has 1 amide bonds. The summed E-state index contributed by atoms with van der Waals surface area (Å²) in [5.74, 6) is 0.623. The van der Waals surface area contributed by atoms with E-state index in [0.29, 0.717) is 35.1 Å². The van der Waals surface area contributed by atoms with Crippen molar-refractivity contribution in [1.29, 1.82) is 0 Å². The molecule has 1 aliphatic rings. The van der Waals surface area contributed by atoms with E-state index < -0.39 is 9.84 Å². The number of sulfone groups is 1. The van der Waals surface area contributed by atoms with Crippen molar-refractivity contribution in [2.45, 2.75) is 19.4 Å². The van der Waals surface area contributed by atoms with Gasteiger partial charge in [0.25, 0.3) is 5.91 Å². The summed E-state index contributed by atoms with van der Waals surface area (Å²) in [6.07, 6.45) is 2.14. The molecule has 1 atom stereocenters. The fraction of sp³-hybridized carbons (Fsp3) is 0.333. The van der Waals surface area contributed by atoms with E-state index in [1.807, 2.05) is 11.8 Å². The molecule has 0 bridgehead atoms. The monoisotopic (exact) mass is 393 g/mol. The molecule has 0 aliphatic carbocycles. The number of hydrogen-bond acceptors (Lipinski definition) is 5. The van der Waals surface area contributed by atoms with Crippen LogP contribution in [0.15, 0.2) is 42.6 Å². The van der Waals surface area contributed by atoms with Crippen LogP contribution >= 0.6 is 11.6 Å². The number of halogens is 1. The molecule has 0 radical (unpaired) electrons. The molecular weight excluding hydrogens is 374 g/mol. The largest absolute Gasteiger partial charge is 0.353 e. The highest BCUT2D eigenvalue weighted by molar-refractivity contribution is 7.91. The lowest BCUT2D eigenvalue weighted by Crippen LogP contribution is -2.36. The fourth-order valence-corrected chi connectivity index (χ4v) is 5.02. The molecule has 1 N–H and O–H groups in total. The Bertz CT molecular complexity index is 917. The number of carbonyl (C=O) groups is 1. The number of benzene rings is 1. The number of nitrogens with zero attached hydrogens (tertiary/aromatic N) is 2. The summed E-state index contributed by atoms with van der Waals surface area (Å²) in [6.45, 7) is 2.56. The molecule has 1 aromatic carbocycles. The van der Waals surface area contributed by atoms with Crippen LogP contribution < -0.4 is 10.2 Å². The zero-order valence-corrected chi connectivity index (χ0v) is 15.9. The summed E-state index contributed by atoms with van der Waals surface area (Å²) < 4.78 is 23.6. The Balaban J connectivity index is 1.81. The van der Waals surface area contributed by atoms with E-state index in [4.69, 9.17) is 11.6 Å². The van der Waals surface area contributed by atoms with Crippen molar-refractivity contribution in [2.24, 2.45) is 0 Å². The van der Waals surface area contributed by atoms with Gasteiger partial charge in [-0.15, -0.1) is 0 Å². The maximum atomic E-state index is 12.5. The molecule has 3 rings (SSSR count). The van der Waals surface area contributed by atoms with Gasteiger partial charge in [0.05, 0.1) is 22.2 Å². The molecule has 1 aliphatic heterocycles. The van der Waals surface area contributed by atoms with Crippen LogP contribution in [-0.4, -0.2) is 43.4 Å². The van der Waals surface area contributed by atoms with Gasteiger partial charge in [-0.25, -0.2) is 13.4 Å². The standard InChI is InChI=1S/C18H20ClN3O3S/c1-2-22(14-8-10-26(24,25)12-14)17-11-13(7-9-20-17)18(23)21-16-6-4-3-5-15(16)19/h3-7,9,11,14H,2,8,10,12H2,1H3,(H,21,23). The molecule has 138 valence electrons. The Morgan fingerprint density at radius 2 is 2.12 bits per heavy atom. The summed E-state index contributed by atoms with van der Waals surface area (Å²) in [5, 5.41) is 3.24. The van der Waals surface area contributed by atoms with E-state index in [2.05, 4.69) is 10.3 Å². The lowest BCUT2D eigenvalue weighted by Gasteiger charge is -2.28. The van der Waals surface area contributed by atoms with Crippen LogP contribution in [0.3, 0.4) is 0 Å². The SMILES string of the molecule is CCN(c1cc(C(=O)Nc2ccccc2Cl)ccn1)C1CCS(=O)(=O)C1. The first kappa shape index (κ1) is 18.7. The van der Waals surface area contributed by atoms with Crippen molar-refractivity contribution in [1.82, 2.24) is 4.98 Å². The first-order valence-corrected chi connectivity index (χ1v) is 10.6. The van der Waals surface area contributed by atoms with Crippen molar-refractivity contribution in [3.63, 3.8) is 0 Å². The van der Waals surface area contributed by atoms with Crippen LogP contribution in [0.5, 0.6) is 0 Å². The van der Waals surface area contributed by atoms with Crippen LogP contribution in [0.2, 0.25) is 5.02 Å². The number of carbonyl (C=O) groups excluding carboxylic acids is 1. The van der Waals surface area contributed by atoms with E-state index in [1.54, 1.807) is 42.6 Å². The molecule has 0 saturated carbocycles. The fourth-order valence-electron chi connectivity index (χ4n) is 3.10. The Morgan fingerprint density at radius 1 is 1.35 bits per heavy atom. The lowest BCUT2D eigenvalue weighted by atomic mass is 10.2. The second-order valence-corrected chi connectivity index (χ2v) is 8.82. The summed E-state index contributed by atoms with van der Waals surface area (Å²) >= 11 is 6.08. The van der Waals surface area contributed by atoms with Gasteiger partial charge in [-0.2, -0.15) is 0 Å². The average molecular weight is 394 g/mol. The summed E-state index contributed by atoms with van der Waals surface area (Å²) in [6, 6.07) is 10.2. The van der Waals surface area contributed by atoms with Gasteiger partial charge in [0.1, 0.15) is 5.82 Å². The second kappa shape index (κ2) is 7.63. The maximum Gasteiger partial charge on any atom is 0.255 e. The van der Waals surface area contributed by atoms with Crippen molar-refractivity contribution in [3.8, 4) is 0 Å². The minimum Gasteiger partial charge on any atom is -0.353 e. The van der Waals surface area contributed by atoms with Crippen molar-refractivity contribution >= 4 is 38.9 Å². The highest BCUT2D eigenvalue weighted by atomic mass is 35.5. The number of pyridine rings is 1. The van der Waals surface area contributed by atoms with E-state index in [-0.39, 0.29) is 23.5 Å². The molecule has 1 fully saturated rings. The van der Waals surface area contributed by atoms with Crippen molar-refractivity contribution in [2.75, 3.05) is 28.3 Å². The van der Waals surface area contributed by atoms with Gasteiger partial charge in [0, 0.05) is 24.3 Å². The third-order valence-corrected chi connectivity index (χ3v) is 6.49. The molecule has 1 unspecified atom stereocenters. The van der Waals surface area contributed by atoms with Gasteiger partial charge in [-0.05, 0) is 37.6 Å². The number of aromatic nitrogens is 1. The second-order valence-electron chi connectivity index (χ2n) is 6.18. The zero-order valence-electron chi connectivity index (χ0n) is 14.4. The Kier molecular flexibility index (Phi) is 5.48. The molecule has 2 heterocycles. The number of para-hydroxylation sites is 1. The highest BCUT2D eigenvalue weighted by Crippen LogP contribution is 2.25. The normalized spacial score (nSPS) is 18.5. The Hall–Kier alpha value is -2.12. The third-order valence-electron chi connectivity index (χ3n) is 4.41. The number of amides is 1. The maximum absolute atomic E-state index is 12.5. The topological polar surface area (TPSA) is 79.4 Å². The smallest absolute Gasteiger partial charge is 0.255 e. The Labute approximate surface area is 158 Å². The Morgan fingerprint density at radius 3 is 2.77 bits per heavy atom. The predicted octanol–water partition coefficient (Wildman–Crippen LogP) is 3.00. The molecule has 6 nitrogen and oxygen atoms in total. The van der Waals surface area contributed by atoms with Crippen LogP contribution in [-0.2, 0) is 9.84 Å². The van der Waals surface area contributed by atoms with E-state index >= 15 is 0 Å². The van der Waals surface area contributed by atoms with E-state index in [1.165, 1.54) is 0 Å². The molecule has 8 heteroatoms. The average Bonchev–Trinajstić information content (AvgIpc) is 2.97. The van der Waals surface area contributed by atoms with Crippen molar-refractivity contribution in [3.05, 3.63) is 53.2 Å². The molecule has 26 heavy (non-hydrogen) atoms. The summed E-state index contributed by atoms with van der Waals surface area (Å²) in [7, 11) is -2.99. The van der Waals surface area contributed by atoms with Crippen LogP contribution in [0, 0.1) is 0 Å². The predicted molar refractivity (Wildman–Crippen MR) is 104 cm³/mol. The van der Waals surface area contributed by atoms with Crippen LogP contribution in [0.25, 0.3) is 0 Å². The van der Waals surface area contributed by atoms with Crippen LogP contribution in [0.4, 0.5) is 11.5 Å². The summed E-state index contributed by atoms with van der Waals surface area (Å²) in [5.41, 5.74) is 0.973. The third kappa shape index (κ3) is 4.16. The lowest BCUT2D eigenvalue weighted by molar-refractivity contribution is 0.102. The highest BCUT2D eigenvalue weighted by Gasteiger charge is 2.32. The molecule has 1 aromatic heterocycles. The van der Waals surface area contributed by atoms with E-state index in [9.17, 15) is 13.2 Å². The quantitative estimate of drug-likeness (QED) is 0.844. The van der Waals surface area contributed by atoms with Gasteiger partial charge in [-0.1, -0.05) is 23.7 Å². The number of anilines is 2. The van der Waals surface area contributed by atoms with Crippen molar-refractivity contribution < 1.29 is 13.2 Å². The molecule has 1 saturated heterocycles. The first-order valence-electron chi connectivity index (χ1n) is 8.38. The van der Waals surface area contributed by atoms with Gasteiger partial charge in [0.15, 0.2) is 9.84 Å². The number of nitrogens with one attached hydrogen (secondary N) is 1. The minimum absolute atomic E-state index is 0.112. The van der Waals surface area contributed by atoms with E-state index in [0.717, 1.165) is 0 Å². The van der Waals surface area contributed by atoms with Gasteiger partial charge >= 0.3 is 0 Å². The van der Waals surface area contributed by atoms with Gasteiger partial charge in [0.2, 0.25) is 0 Å². The number of hydrogen-bond donors (Lipinski definition) is 1. The first-order chi connectivity index (χ1) is 12.4. The summed E-state index contributed by atoms with van der Waals surface area (Å²) in [4.78, 5) is 18.8.